The van der Waals surface area contributed by atoms with E-state index in [1.807, 2.05) is 6.92 Å². The molecule has 5 heteroatoms. The molecule has 78 valence electrons. The van der Waals surface area contributed by atoms with Crippen molar-refractivity contribution in [1.82, 2.24) is 10.2 Å². The maximum atomic E-state index is 11.3. The van der Waals surface area contributed by atoms with Crippen LogP contribution < -0.4 is 5.32 Å². The number of nitrogens with zero attached hydrogens (tertiary/aromatic N) is 1. The maximum absolute atomic E-state index is 11.3. The third kappa shape index (κ3) is 5.43. The number of rotatable bonds is 6. The fourth-order valence-corrected chi connectivity index (χ4v) is 0.896. The molecule has 0 aromatic rings. The molecule has 0 spiro atoms. The SMILES string of the molecule is CCN(CCO)C(=O)NCCOC. The van der Waals surface area contributed by atoms with Crippen LogP contribution >= 0.6 is 0 Å². The van der Waals surface area contributed by atoms with E-state index in [-0.39, 0.29) is 12.6 Å². The van der Waals surface area contributed by atoms with Gasteiger partial charge in [-0.05, 0) is 6.92 Å². The molecule has 0 aromatic heterocycles. The van der Waals surface area contributed by atoms with Crippen LogP contribution in [-0.2, 0) is 4.74 Å². The van der Waals surface area contributed by atoms with Gasteiger partial charge in [0.2, 0.25) is 0 Å². The minimum Gasteiger partial charge on any atom is -0.395 e. The van der Waals surface area contributed by atoms with E-state index in [9.17, 15) is 4.79 Å². The van der Waals surface area contributed by atoms with Crippen LogP contribution in [0.1, 0.15) is 6.92 Å². The highest BCUT2D eigenvalue weighted by atomic mass is 16.5. The van der Waals surface area contributed by atoms with Crippen molar-refractivity contribution >= 4 is 6.03 Å². The van der Waals surface area contributed by atoms with Gasteiger partial charge in [0.25, 0.3) is 0 Å². The summed E-state index contributed by atoms with van der Waals surface area (Å²) in [6.45, 7) is 3.82. The number of hydrogen-bond acceptors (Lipinski definition) is 3. The number of hydrogen-bond donors (Lipinski definition) is 2. The Morgan fingerprint density at radius 1 is 1.62 bits per heavy atom. The molecule has 0 atom stereocenters. The van der Waals surface area contributed by atoms with Crippen molar-refractivity contribution < 1.29 is 14.6 Å². The number of amides is 2. The number of urea groups is 1. The van der Waals surface area contributed by atoms with Crippen molar-refractivity contribution in [3.63, 3.8) is 0 Å². The van der Waals surface area contributed by atoms with Gasteiger partial charge in [0.1, 0.15) is 0 Å². The Morgan fingerprint density at radius 2 is 2.31 bits per heavy atom. The molecule has 0 fully saturated rings. The molecule has 0 aromatic carbocycles. The molecule has 5 nitrogen and oxygen atoms in total. The second kappa shape index (κ2) is 7.82. The highest BCUT2D eigenvalue weighted by Gasteiger charge is 2.08. The molecule has 13 heavy (non-hydrogen) atoms. The van der Waals surface area contributed by atoms with Gasteiger partial charge >= 0.3 is 6.03 Å². The first kappa shape index (κ1) is 12.2. The van der Waals surface area contributed by atoms with Crippen LogP contribution in [0.4, 0.5) is 4.79 Å². The molecule has 0 saturated heterocycles. The number of nitrogens with one attached hydrogen (secondary N) is 1. The Labute approximate surface area is 78.7 Å². The van der Waals surface area contributed by atoms with Gasteiger partial charge in [-0.3, -0.25) is 0 Å². The number of carbonyl (C=O) groups is 1. The number of aliphatic hydroxyl groups is 1. The van der Waals surface area contributed by atoms with Crippen molar-refractivity contribution in [2.24, 2.45) is 0 Å². The second-order valence-corrected chi connectivity index (χ2v) is 2.53. The number of carbonyl (C=O) groups excluding carboxylic acids is 1. The quantitative estimate of drug-likeness (QED) is 0.563. The van der Waals surface area contributed by atoms with Gasteiger partial charge in [0.05, 0.1) is 13.2 Å². The van der Waals surface area contributed by atoms with E-state index in [1.54, 1.807) is 7.11 Å². The number of likely N-dealkylation sites (N-methyl/N-ethyl adjacent to an activating group) is 1. The molecule has 0 rings (SSSR count). The number of ether oxygens (including phenoxy) is 1. The minimum absolute atomic E-state index is 0.00840. The van der Waals surface area contributed by atoms with Gasteiger partial charge in [-0.1, -0.05) is 0 Å². The van der Waals surface area contributed by atoms with E-state index in [0.29, 0.717) is 26.2 Å². The first-order chi connectivity index (χ1) is 6.26. The molecule has 2 amide bonds. The maximum Gasteiger partial charge on any atom is 0.317 e. The molecule has 2 N–H and O–H groups in total. The molecule has 0 aliphatic heterocycles. The van der Waals surface area contributed by atoms with E-state index < -0.39 is 0 Å². The zero-order chi connectivity index (χ0) is 10.1. The summed E-state index contributed by atoms with van der Waals surface area (Å²) < 4.78 is 4.78. The van der Waals surface area contributed by atoms with Crippen molar-refractivity contribution in [2.45, 2.75) is 6.92 Å². The van der Waals surface area contributed by atoms with Crippen LogP contribution in [0, 0.1) is 0 Å². The monoisotopic (exact) mass is 190 g/mol. The summed E-state index contributed by atoms with van der Waals surface area (Å²) in [4.78, 5) is 12.8. The first-order valence-electron chi connectivity index (χ1n) is 4.38. The minimum atomic E-state index is -0.159. The second-order valence-electron chi connectivity index (χ2n) is 2.53. The fourth-order valence-electron chi connectivity index (χ4n) is 0.896. The molecule has 0 saturated carbocycles. The number of methoxy groups -OCH3 is 1. The fraction of sp³-hybridized carbons (Fsp3) is 0.875. The lowest BCUT2D eigenvalue weighted by atomic mass is 10.5. The average molecular weight is 190 g/mol. The molecule has 0 aliphatic rings. The lowest BCUT2D eigenvalue weighted by Gasteiger charge is -2.19. The summed E-state index contributed by atoms with van der Waals surface area (Å²) in [6, 6.07) is -0.159. The van der Waals surface area contributed by atoms with Crippen molar-refractivity contribution in [3.8, 4) is 0 Å². The first-order valence-corrected chi connectivity index (χ1v) is 4.38. The highest BCUT2D eigenvalue weighted by molar-refractivity contribution is 5.74. The van der Waals surface area contributed by atoms with Crippen LogP contribution in [-0.4, -0.2) is 56.0 Å². The summed E-state index contributed by atoms with van der Waals surface area (Å²) in [5, 5.41) is 11.3. The summed E-state index contributed by atoms with van der Waals surface area (Å²) >= 11 is 0. The molecule has 0 unspecified atom stereocenters. The van der Waals surface area contributed by atoms with Gasteiger partial charge in [0.15, 0.2) is 0 Å². The molecular formula is C8H18N2O3. The van der Waals surface area contributed by atoms with Crippen LogP contribution in [0.2, 0.25) is 0 Å². The molecule has 0 heterocycles. The Bertz CT molecular complexity index is 141. The van der Waals surface area contributed by atoms with E-state index in [4.69, 9.17) is 9.84 Å². The molecule has 0 bridgehead atoms. The summed E-state index contributed by atoms with van der Waals surface area (Å²) in [6.07, 6.45) is 0. The van der Waals surface area contributed by atoms with Crippen molar-refractivity contribution in [1.29, 1.82) is 0 Å². The smallest absolute Gasteiger partial charge is 0.317 e. The third-order valence-electron chi connectivity index (χ3n) is 1.62. The number of aliphatic hydroxyl groups excluding tert-OH is 1. The molecule has 0 aliphatic carbocycles. The Hall–Kier alpha value is -0.810. The van der Waals surface area contributed by atoms with E-state index in [0.717, 1.165) is 0 Å². The van der Waals surface area contributed by atoms with E-state index in [1.165, 1.54) is 4.90 Å². The molecular weight excluding hydrogens is 172 g/mol. The van der Waals surface area contributed by atoms with E-state index in [2.05, 4.69) is 5.32 Å². The Balaban J connectivity index is 3.64. The standard InChI is InChI=1S/C8H18N2O3/c1-3-10(5-6-11)8(12)9-4-7-13-2/h11H,3-7H2,1-2H3,(H,9,12). The zero-order valence-electron chi connectivity index (χ0n) is 8.25. The van der Waals surface area contributed by atoms with Gasteiger partial charge in [0, 0.05) is 26.7 Å². The van der Waals surface area contributed by atoms with Crippen LogP contribution in [0.3, 0.4) is 0 Å². The Morgan fingerprint density at radius 3 is 2.77 bits per heavy atom. The zero-order valence-corrected chi connectivity index (χ0v) is 8.25. The van der Waals surface area contributed by atoms with Crippen LogP contribution in [0.15, 0.2) is 0 Å². The van der Waals surface area contributed by atoms with Crippen molar-refractivity contribution in [3.05, 3.63) is 0 Å². The highest BCUT2D eigenvalue weighted by Crippen LogP contribution is 1.87. The largest absolute Gasteiger partial charge is 0.395 e. The summed E-state index contributed by atoms with van der Waals surface area (Å²) in [7, 11) is 1.58. The lowest BCUT2D eigenvalue weighted by molar-refractivity contribution is 0.169. The van der Waals surface area contributed by atoms with Gasteiger partial charge in [-0.2, -0.15) is 0 Å². The van der Waals surface area contributed by atoms with Gasteiger partial charge < -0.3 is 20.1 Å². The van der Waals surface area contributed by atoms with Crippen molar-refractivity contribution in [2.75, 3.05) is 40.0 Å². The van der Waals surface area contributed by atoms with Crippen LogP contribution in [0.25, 0.3) is 0 Å². The predicted octanol–water partition coefficient (Wildman–Crippen LogP) is -0.343. The lowest BCUT2D eigenvalue weighted by Crippen LogP contribution is -2.42. The van der Waals surface area contributed by atoms with Gasteiger partial charge in [-0.15, -0.1) is 0 Å². The Kier molecular flexibility index (Phi) is 7.33. The van der Waals surface area contributed by atoms with Gasteiger partial charge in [-0.25, -0.2) is 4.79 Å². The topological polar surface area (TPSA) is 61.8 Å². The summed E-state index contributed by atoms with van der Waals surface area (Å²) in [5.41, 5.74) is 0. The normalized spacial score (nSPS) is 9.77. The average Bonchev–Trinajstić information content (AvgIpc) is 2.14. The molecule has 0 radical (unpaired) electrons. The van der Waals surface area contributed by atoms with Crippen LogP contribution in [0.5, 0.6) is 0 Å². The predicted molar refractivity (Wildman–Crippen MR) is 49.6 cm³/mol. The summed E-state index contributed by atoms with van der Waals surface area (Å²) in [5.74, 6) is 0. The third-order valence-corrected chi connectivity index (χ3v) is 1.62. The van der Waals surface area contributed by atoms with E-state index >= 15 is 0 Å².